The van der Waals surface area contributed by atoms with E-state index in [1.165, 1.54) is 0 Å². The van der Waals surface area contributed by atoms with Crippen molar-refractivity contribution in [1.82, 2.24) is 0 Å². The number of methoxy groups -OCH3 is 1. The van der Waals surface area contributed by atoms with Gasteiger partial charge in [0, 0.05) is 16.5 Å². The molecule has 1 aliphatic rings. The highest BCUT2D eigenvalue weighted by molar-refractivity contribution is 6.31. The van der Waals surface area contributed by atoms with Crippen molar-refractivity contribution in [2.24, 2.45) is 5.92 Å². The van der Waals surface area contributed by atoms with E-state index >= 15 is 0 Å². The highest BCUT2D eigenvalue weighted by atomic mass is 35.5. The Bertz CT molecular complexity index is 466. The van der Waals surface area contributed by atoms with Gasteiger partial charge in [0.15, 0.2) is 0 Å². The second-order valence-electron chi connectivity index (χ2n) is 4.85. The maximum Gasteiger partial charge on any atom is 0.303 e. The number of aryl methyl sites for hydroxylation is 1. The van der Waals surface area contributed by atoms with Gasteiger partial charge in [0.2, 0.25) is 0 Å². The van der Waals surface area contributed by atoms with Crippen molar-refractivity contribution < 1.29 is 14.6 Å². The van der Waals surface area contributed by atoms with Gasteiger partial charge in [-0.1, -0.05) is 17.7 Å². The average molecular weight is 269 g/mol. The minimum atomic E-state index is -0.786. The molecule has 2 rings (SSSR count). The Balaban J connectivity index is 2.45. The van der Waals surface area contributed by atoms with Gasteiger partial charge < -0.3 is 9.84 Å². The summed E-state index contributed by atoms with van der Waals surface area (Å²) in [5.74, 6) is 0.339. The first kappa shape index (κ1) is 13.2. The molecule has 1 aliphatic carbocycles. The van der Waals surface area contributed by atoms with Gasteiger partial charge in [-0.3, -0.25) is 4.79 Å². The summed E-state index contributed by atoms with van der Waals surface area (Å²) in [4.78, 5) is 11.0. The minimum absolute atomic E-state index is 0.0372. The Hall–Kier alpha value is -1.22. The Morgan fingerprint density at radius 3 is 2.72 bits per heavy atom. The number of carboxylic acid groups (broad SMARTS) is 1. The Kier molecular flexibility index (Phi) is 3.81. The van der Waals surface area contributed by atoms with E-state index in [2.05, 4.69) is 0 Å². The summed E-state index contributed by atoms with van der Waals surface area (Å²) in [5, 5.41) is 9.67. The number of hydrogen-bond acceptors (Lipinski definition) is 2. The molecule has 0 saturated heterocycles. The highest BCUT2D eigenvalue weighted by Gasteiger charge is 2.36. The summed E-state index contributed by atoms with van der Waals surface area (Å²) in [6.07, 6.45) is 2.26. The van der Waals surface area contributed by atoms with Gasteiger partial charge in [0.1, 0.15) is 5.75 Å². The summed E-state index contributed by atoms with van der Waals surface area (Å²) < 4.78 is 5.42. The van der Waals surface area contributed by atoms with Crippen LogP contribution in [0.25, 0.3) is 0 Å². The number of hydrogen-bond donors (Lipinski definition) is 1. The van der Waals surface area contributed by atoms with E-state index in [1.54, 1.807) is 7.11 Å². The lowest BCUT2D eigenvalue weighted by atomic mass is 9.89. The van der Waals surface area contributed by atoms with E-state index in [0.717, 1.165) is 29.7 Å². The maximum absolute atomic E-state index is 11.0. The van der Waals surface area contributed by atoms with Crippen LogP contribution in [0.4, 0.5) is 0 Å². The number of carboxylic acids is 1. The van der Waals surface area contributed by atoms with Crippen LogP contribution in [-0.2, 0) is 4.79 Å². The molecule has 1 aromatic carbocycles. The molecule has 0 spiro atoms. The third-order valence-corrected chi connectivity index (χ3v) is 3.83. The zero-order valence-electron chi connectivity index (χ0n) is 10.6. The normalized spacial score (nSPS) is 16.4. The predicted molar refractivity (Wildman–Crippen MR) is 70.5 cm³/mol. The van der Waals surface area contributed by atoms with Gasteiger partial charge in [0.25, 0.3) is 0 Å². The van der Waals surface area contributed by atoms with Crippen LogP contribution in [0, 0.1) is 12.8 Å². The first-order valence-corrected chi connectivity index (χ1v) is 6.47. The molecule has 1 aromatic rings. The first-order valence-electron chi connectivity index (χ1n) is 6.09. The first-order chi connectivity index (χ1) is 8.54. The van der Waals surface area contributed by atoms with Crippen molar-refractivity contribution in [3.63, 3.8) is 0 Å². The number of carbonyl (C=O) groups is 1. The zero-order valence-corrected chi connectivity index (χ0v) is 11.3. The number of benzene rings is 1. The third kappa shape index (κ3) is 2.61. The zero-order chi connectivity index (χ0) is 13.3. The van der Waals surface area contributed by atoms with Crippen molar-refractivity contribution in [2.45, 2.75) is 32.1 Å². The van der Waals surface area contributed by atoms with Crippen LogP contribution < -0.4 is 4.74 Å². The third-order valence-electron chi connectivity index (χ3n) is 3.50. The Labute approximate surface area is 112 Å². The molecule has 1 saturated carbocycles. The number of aliphatic carboxylic acids is 1. The van der Waals surface area contributed by atoms with Crippen LogP contribution in [0.15, 0.2) is 12.1 Å². The second-order valence-corrected chi connectivity index (χ2v) is 5.26. The second kappa shape index (κ2) is 5.19. The fraction of sp³-hybridized carbons (Fsp3) is 0.500. The molecule has 1 N–H and O–H groups in total. The monoisotopic (exact) mass is 268 g/mol. The lowest BCUT2D eigenvalue weighted by Crippen LogP contribution is -2.11. The molecular formula is C14H17ClO3. The topological polar surface area (TPSA) is 46.5 Å². The largest absolute Gasteiger partial charge is 0.496 e. The smallest absolute Gasteiger partial charge is 0.303 e. The van der Waals surface area contributed by atoms with Gasteiger partial charge >= 0.3 is 5.97 Å². The summed E-state index contributed by atoms with van der Waals surface area (Å²) in [7, 11) is 1.60. The van der Waals surface area contributed by atoms with Crippen molar-refractivity contribution in [2.75, 3.05) is 7.11 Å². The molecule has 1 fully saturated rings. The van der Waals surface area contributed by atoms with E-state index in [0.29, 0.717) is 10.9 Å². The van der Waals surface area contributed by atoms with Crippen LogP contribution in [-0.4, -0.2) is 18.2 Å². The predicted octanol–water partition coefficient (Wildman–Crippen LogP) is 3.63. The molecule has 18 heavy (non-hydrogen) atoms. The lowest BCUT2D eigenvalue weighted by Gasteiger charge is -2.20. The fourth-order valence-corrected chi connectivity index (χ4v) is 2.78. The SMILES string of the molecule is COc1c(C)ccc(Cl)c1C(CC(=O)O)C1CC1. The van der Waals surface area contributed by atoms with Crippen LogP contribution in [0.5, 0.6) is 5.75 Å². The molecule has 1 unspecified atom stereocenters. The van der Waals surface area contributed by atoms with E-state index in [1.807, 2.05) is 19.1 Å². The quantitative estimate of drug-likeness (QED) is 0.887. The van der Waals surface area contributed by atoms with Gasteiger partial charge in [-0.2, -0.15) is 0 Å². The van der Waals surface area contributed by atoms with E-state index in [9.17, 15) is 4.79 Å². The van der Waals surface area contributed by atoms with Gasteiger partial charge in [-0.15, -0.1) is 0 Å². The molecule has 0 heterocycles. The molecule has 3 nitrogen and oxygen atoms in total. The van der Waals surface area contributed by atoms with E-state index < -0.39 is 5.97 Å². The van der Waals surface area contributed by atoms with Crippen LogP contribution >= 0.6 is 11.6 Å². The van der Waals surface area contributed by atoms with E-state index in [4.69, 9.17) is 21.4 Å². The fourth-order valence-electron chi connectivity index (χ4n) is 2.49. The van der Waals surface area contributed by atoms with Crippen LogP contribution in [0.2, 0.25) is 5.02 Å². The van der Waals surface area contributed by atoms with Crippen molar-refractivity contribution >= 4 is 17.6 Å². The summed E-state index contributed by atoms with van der Waals surface area (Å²) in [6, 6.07) is 3.72. The summed E-state index contributed by atoms with van der Waals surface area (Å²) >= 11 is 6.26. The highest BCUT2D eigenvalue weighted by Crippen LogP contribution is 2.49. The molecule has 0 bridgehead atoms. The molecule has 0 radical (unpaired) electrons. The average Bonchev–Trinajstić information content (AvgIpc) is 3.13. The van der Waals surface area contributed by atoms with Crippen LogP contribution in [0.1, 0.15) is 36.3 Å². The molecule has 4 heteroatoms. The maximum atomic E-state index is 11.0. The molecule has 0 amide bonds. The van der Waals surface area contributed by atoms with Gasteiger partial charge in [-0.25, -0.2) is 0 Å². The summed E-state index contributed by atoms with van der Waals surface area (Å²) in [6.45, 7) is 1.95. The molecule has 0 aliphatic heterocycles. The Morgan fingerprint density at radius 2 is 2.22 bits per heavy atom. The number of halogens is 1. The van der Waals surface area contributed by atoms with Crippen molar-refractivity contribution in [3.05, 3.63) is 28.3 Å². The molecular weight excluding hydrogens is 252 g/mol. The molecule has 1 atom stereocenters. The number of ether oxygens (including phenoxy) is 1. The summed E-state index contributed by atoms with van der Waals surface area (Å²) in [5.41, 5.74) is 1.86. The van der Waals surface area contributed by atoms with Crippen LogP contribution in [0.3, 0.4) is 0 Å². The van der Waals surface area contributed by atoms with E-state index in [-0.39, 0.29) is 12.3 Å². The van der Waals surface area contributed by atoms with Gasteiger partial charge in [-0.05, 0) is 37.3 Å². The van der Waals surface area contributed by atoms with Crippen molar-refractivity contribution in [3.8, 4) is 5.75 Å². The minimum Gasteiger partial charge on any atom is -0.496 e. The van der Waals surface area contributed by atoms with Crippen molar-refractivity contribution in [1.29, 1.82) is 0 Å². The molecule has 98 valence electrons. The standard InChI is InChI=1S/C14H17ClO3/c1-8-3-6-11(15)13(14(8)18-2)10(7-12(16)17)9-4-5-9/h3,6,9-10H,4-5,7H2,1-2H3,(H,16,17). The van der Waals surface area contributed by atoms with Gasteiger partial charge in [0.05, 0.1) is 13.5 Å². The lowest BCUT2D eigenvalue weighted by molar-refractivity contribution is -0.137. The Morgan fingerprint density at radius 1 is 1.56 bits per heavy atom. The number of rotatable bonds is 5. The molecule has 0 aromatic heterocycles.